The highest BCUT2D eigenvalue weighted by molar-refractivity contribution is 6.04. The van der Waals surface area contributed by atoms with Crippen molar-refractivity contribution in [2.75, 3.05) is 23.3 Å². The molecule has 180 valence electrons. The molecule has 0 saturated carbocycles. The molecule has 1 aliphatic heterocycles. The van der Waals surface area contributed by atoms with Gasteiger partial charge in [-0.25, -0.2) is 26.3 Å². The lowest BCUT2D eigenvalue weighted by Gasteiger charge is -2.23. The van der Waals surface area contributed by atoms with E-state index >= 15 is 0 Å². The zero-order valence-electron chi connectivity index (χ0n) is 17.1. The summed E-state index contributed by atoms with van der Waals surface area (Å²) < 4.78 is 81.2. The van der Waals surface area contributed by atoms with E-state index in [1.807, 2.05) is 13.6 Å². The molecule has 2 aromatic rings. The maximum atomic E-state index is 14.3. The van der Waals surface area contributed by atoms with E-state index in [0.717, 1.165) is 18.2 Å². The highest BCUT2D eigenvalue weighted by Gasteiger charge is 2.40. The normalized spacial score (nSPS) is 16.9. The van der Waals surface area contributed by atoms with Crippen LogP contribution in [0.15, 0.2) is 30.3 Å². The first-order valence-corrected chi connectivity index (χ1v) is 9.22. The third kappa shape index (κ3) is 6.78. The van der Waals surface area contributed by atoms with Crippen molar-refractivity contribution in [3.63, 3.8) is 0 Å². The van der Waals surface area contributed by atoms with Crippen LogP contribution in [0, 0.1) is 23.3 Å². The number of benzene rings is 2. The minimum Gasteiger partial charge on any atom is -0.387 e. The number of nitrogens with zero attached hydrogens (tertiary/aromatic N) is 1. The minimum atomic E-state index is -3.31. The fraction of sp³-hybridized carbons (Fsp3) is 0.286. The Morgan fingerprint density at radius 2 is 1.55 bits per heavy atom. The van der Waals surface area contributed by atoms with Gasteiger partial charge in [-0.3, -0.25) is 4.79 Å². The number of nitrogens with one attached hydrogen (secondary N) is 1. The minimum absolute atomic E-state index is 0.0624. The summed E-state index contributed by atoms with van der Waals surface area (Å²) in [5.41, 5.74) is -0.586. The number of rotatable bonds is 3. The van der Waals surface area contributed by atoms with Crippen molar-refractivity contribution < 1.29 is 45.8 Å². The largest absolute Gasteiger partial charge is 0.387 e. The van der Waals surface area contributed by atoms with Crippen LogP contribution in [0.25, 0.3) is 0 Å². The van der Waals surface area contributed by atoms with Gasteiger partial charge in [-0.2, -0.15) is 0 Å². The number of anilines is 2. The van der Waals surface area contributed by atoms with E-state index in [1.165, 1.54) is 4.90 Å². The molecule has 6 nitrogen and oxygen atoms in total. The van der Waals surface area contributed by atoms with Gasteiger partial charge in [0.15, 0.2) is 17.5 Å². The Morgan fingerprint density at radius 3 is 2.12 bits per heavy atom. The molecular formula is C21H20F6N2O4. The third-order valence-corrected chi connectivity index (χ3v) is 4.67. The fourth-order valence-electron chi connectivity index (χ4n) is 3.02. The number of alkyl halides is 2. The van der Waals surface area contributed by atoms with Crippen molar-refractivity contribution in [1.29, 1.82) is 0 Å². The molecule has 1 fully saturated rings. The molecule has 0 aromatic heterocycles. The van der Waals surface area contributed by atoms with Crippen molar-refractivity contribution in [2.24, 2.45) is 0 Å². The zero-order valence-corrected chi connectivity index (χ0v) is 17.1. The number of amides is 1. The molecule has 1 saturated heterocycles. The van der Waals surface area contributed by atoms with Crippen LogP contribution in [0.2, 0.25) is 0 Å². The molecule has 12 heteroatoms. The van der Waals surface area contributed by atoms with Gasteiger partial charge in [0.05, 0.1) is 5.69 Å². The molecule has 1 unspecified atom stereocenters. The van der Waals surface area contributed by atoms with Crippen LogP contribution >= 0.6 is 0 Å². The molecule has 1 atom stereocenters. The fourth-order valence-corrected chi connectivity index (χ4v) is 3.02. The van der Waals surface area contributed by atoms with Crippen molar-refractivity contribution in [3.8, 4) is 0 Å². The van der Waals surface area contributed by atoms with E-state index in [0.29, 0.717) is 12.1 Å². The Balaban J connectivity index is 0.00000129. The lowest BCUT2D eigenvalue weighted by molar-refractivity contribution is -0.108. The molecule has 2 aromatic carbocycles. The van der Waals surface area contributed by atoms with Crippen molar-refractivity contribution in [1.82, 2.24) is 0 Å². The predicted molar refractivity (Wildman–Crippen MR) is 107 cm³/mol. The molecule has 1 aliphatic rings. The number of carbonyl (C=O) groups is 3. The summed E-state index contributed by atoms with van der Waals surface area (Å²) in [5.74, 6) is -9.62. The van der Waals surface area contributed by atoms with E-state index < -0.39 is 47.6 Å². The number of halogens is 6. The quantitative estimate of drug-likeness (QED) is 0.519. The lowest BCUT2D eigenvalue weighted by atomic mass is 10.1. The first kappa shape index (κ1) is 27.6. The molecule has 2 N–H and O–H groups in total. The van der Waals surface area contributed by atoms with Crippen molar-refractivity contribution in [2.45, 2.75) is 24.9 Å². The average molecular weight is 478 g/mol. The summed E-state index contributed by atoms with van der Waals surface area (Å²) in [5, 5.41) is 11.7. The Kier molecular flexibility index (Phi) is 10.0. The zero-order chi connectivity index (χ0) is 25.3. The topological polar surface area (TPSA) is 86.7 Å². The Hall–Kier alpha value is -3.41. The Bertz CT molecular complexity index is 951. The van der Waals surface area contributed by atoms with Crippen LogP contribution < -0.4 is 10.2 Å². The van der Waals surface area contributed by atoms with Gasteiger partial charge in [-0.15, -0.1) is 0 Å². The standard InChI is InChI=1S/C19H16F6N2O2.2CH2O/c20-12-2-1-10(18(29)26-11-8-13(21)17(23)14(22)9-11)7-15(12)27-5-3-16(28)19(24,25)4-6-27;2*1-2/h1-2,7-9,16,28H,3-6H2,(H,26,29);2*1H2. The van der Waals surface area contributed by atoms with E-state index in [9.17, 15) is 36.2 Å². The molecular weight excluding hydrogens is 458 g/mol. The number of carbonyl (C=O) groups excluding carboxylic acids is 3. The van der Waals surface area contributed by atoms with Crippen molar-refractivity contribution >= 4 is 30.9 Å². The van der Waals surface area contributed by atoms with Crippen LogP contribution in [0.5, 0.6) is 0 Å². The molecule has 0 spiro atoms. The van der Waals surface area contributed by atoms with E-state index in [4.69, 9.17) is 9.59 Å². The molecule has 1 amide bonds. The van der Waals surface area contributed by atoms with Gasteiger partial charge >= 0.3 is 0 Å². The second-order valence-corrected chi connectivity index (χ2v) is 6.68. The number of hydrogen-bond donors (Lipinski definition) is 2. The molecule has 1 heterocycles. The van der Waals surface area contributed by atoms with E-state index in [2.05, 4.69) is 5.32 Å². The summed E-state index contributed by atoms with van der Waals surface area (Å²) >= 11 is 0. The van der Waals surface area contributed by atoms with Crippen LogP contribution in [-0.2, 0) is 9.59 Å². The molecule has 3 rings (SSSR count). The number of aliphatic hydroxyl groups is 1. The Morgan fingerprint density at radius 1 is 0.970 bits per heavy atom. The SMILES string of the molecule is C=O.C=O.O=C(Nc1cc(F)c(F)c(F)c1)c1ccc(F)c(N2CCC(O)C(F)(F)CC2)c1. The van der Waals surface area contributed by atoms with Gasteiger partial charge in [0.1, 0.15) is 25.5 Å². The maximum Gasteiger partial charge on any atom is 0.275 e. The van der Waals surface area contributed by atoms with Gasteiger partial charge in [-0.05, 0) is 24.6 Å². The summed E-state index contributed by atoms with van der Waals surface area (Å²) in [6.45, 7) is 3.69. The number of aliphatic hydroxyl groups excluding tert-OH is 1. The molecule has 0 bridgehead atoms. The smallest absolute Gasteiger partial charge is 0.275 e. The first-order chi connectivity index (χ1) is 15.6. The summed E-state index contributed by atoms with van der Waals surface area (Å²) in [6, 6.07) is 4.33. The highest BCUT2D eigenvalue weighted by atomic mass is 19.3. The van der Waals surface area contributed by atoms with Crippen LogP contribution in [0.3, 0.4) is 0 Å². The molecule has 0 aliphatic carbocycles. The van der Waals surface area contributed by atoms with Gasteiger partial charge in [0.2, 0.25) is 0 Å². The van der Waals surface area contributed by atoms with Gasteiger partial charge in [-0.1, -0.05) is 0 Å². The Labute approximate surface area is 184 Å². The third-order valence-electron chi connectivity index (χ3n) is 4.67. The van der Waals surface area contributed by atoms with Gasteiger partial charge in [0.25, 0.3) is 11.8 Å². The first-order valence-electron chi connectivity index (χ1n) is 9.22. The molecule has 0 radical (unpaired) electrons. The monoisotopic (exact) mass is 478 g/mol. The summed E-state index contributed by atoms with van der Waals surface area (Å²) in [7, 11) is 0. The molecule has 33 heavy (non-hydrogen) atoms. The van der Waals surface area contributed by atoms with Crippen LogP contribution in [0.4, 0.5) is 37.7 Å². The van der Waals surface area contributed by atoms with Crippen LogP contribution in [-0.4, -0.2) is 49.7 Å². The second kappa shape index (κ2) is 12.0. The van der Waals surface area contributed by atoms with Gasteiger partial charge in [0, 0.05) is 42.9 Å². The van der Waals surface area contributed by atoms with E-state index in [1.54, 1.807) is 0 Å². The number of hydrogen-bond acceptors (Lipinski definition) is 5. The van der Waals surface area contributed by atoms with Crippen LogP contribution in [0.1, 0.15) is 23.2 Å². The maximum absolute atomic E-state index is 14.3. The summed E-state index contributed by atoms with van der Waals surface area (Å²) in [6.07, 6.45) is -2.85. The van der Waals surface area contributed by atoms with E-state index in [-0.39, 0.29) is 36.4 Å². The predicted octanol–water partition coefficient (Wildman–Crippen LogP) is 3.72. The summed E-state index contributed by atoms with van der Waals surface area (Å²) in [4.78, 5) is 29.6. The lowest BCUT2D eigenvalue weighted by Crippen LogP contribution is -2.32. The van der Waals surface area contributed by atoms with Crippen molar-refractivity contribution in [3.05, 3.63) is 59.2 Å². The highest BCUT2D eigenvalue weighted by Crippen LogP contribution is 2.32. The second-order valence-electron chi connectivity index (χ2n) is 6.68. The van der Waals surface area contributed by atoms with Gasteiger partial charge < -0.3 is 24.9 Å². The average Bonchev–Trinajstić information content (AvgIpc) is 2.93.